The molecular formula is C24H30N2OS. The zero-order valence-corrected chi connectivity index (χ0v) is 18.0. The van der Waals surface area contributed by atoms with Crippen LogP contribution in [0.5, 0.6) is 0 Å². The molecule has 0 saturated carbocycles. The Kier molecular flexibility index (Phi) is 6.33. The second kappa shape index (κ2) is 8.56. The van der Waals surface area contributed by atoms with Gasteiger partial charge in [0.15, 0.2) is 0 Å². The molecule has 3 aromatic rings. The van der Waals surface area contributed by atoms with Crippen molar-refractivity contribution in [1.82, 2.24) is 10.3 Å². The van der Waals surface area contributed by atoms with Gasteiger partial charge in [0.25, 0.3) is 0 Å². The van der Waals surface area contributed by atoms with Crippen LogP contribution in [0.15, 0.2) is 66.9 Å². The van der Waals surface area contributed by atoms with Gasteiger partial charge in [0.1, 0.15) is 0 Å². The summed E-state index contributed by atoms with van der Waals surface area (Å²) in [6.07, 6.45) is 1.94. The zero-order chi connectivity index (χ0) is 20.2. The molecular weight excluding hydrogens is 364 g/mol. The highest BCUT2D eigenvalue weighted by Gasteiger charge is 2.34. The molecule has 1 atom stereocenters. The Balaban J connectivity index is 1.74. The second-order valence-electron chi connectivity index (χ2n) is 8.60. The fourth-order valence-corrected chi connectivity index (χ4v) is 4.42. The maximum Gasteiger partial charge on any atom is 0.0981 e. The molecule has 0 spiro atoms. The number of benzene rings is 2. The van der Waals surface area contributed by atoms with Crippen molar-refractivity contribution in [3.8, 4) is 0 Å². The van der Waals surface area contributed by atoms with Crippen LogP contribution in [0.3, 0.4) is 0 Å². The van der Waals surface area contributed by atoms with Crippen molar-refractivity contribution in [1.29, 1.82) is 0 Å². The SMILES string of the molecule is CC(C)(C)c1ncc(CNC[C@@](C)(O)C(c2ccccc2)c2ccccc2)s1. The van der Waals surface area contributed by atoms with Crippen molar-refractivity contribution in [2.24, 2.45) is 0 Å². The highest BCUT2D eigenvalue weighted by atomic mass is 32.1. The summed E-state index contributed by atoms with van der Waals surface area (Å²) in [6, 6.07) is 20.5. The van der Waals surface area contributed by atoms with Gasteiger partial charge in [0, 0.05) is 35.5 Å². The van der Waals surface area contributed by atoms with Gasteiger partial charge >= 0.3 is 0 Å². The Labute approximate surface area is 172 Å². The molecule has 3 rings (SSSR count). The first-order valence-corrected chi connectivity index (χ1v) is 10.6. The molecule has 0 unspecified atom stereocenters. The summed E-state index contributed by atoms with van der Waals surface area (Å²) in [7, 11) is 0. The standard InChI is InChI=1S/C24H30N2OS/c1-23(2,3)22-26-16-20(28-22)15-25-17-24(4,27)21(18-11-7-5-8-12-18)19-13-9-6-10-14-19/h5-14,16,21,25,27H,15,17H2,1-4H3/t24-/m1/s1. The molecule has 0 saturated heterocycles. The Bertz CT molecular complexity index is 827. The molecule has 3 nitrogen and oxygen atoms in total. The van der Waals surface area contributed by atoms with E-state index in [1.54, 1.807) is 11.3 Å². The summed E-state index contributed by atoms with van der Waals surface area (Å²) in [4.78, 5) is 5.74. The van der Waals surface area contributed by atoms with Crippen molar-refractivity contribution in [2.75, 3.05) is 6.54 Å². The van der Waals surface area contributed by atoms with E-state index < -0.39 is 5.60 Å². The number of rotatable bonds is 7. The minimum absolute atomic E-state index is 0.0696. The van der Waals surface area contributed by atoms with Crippen LogP contribution < -0.4 is 5.32 Å². The number of hydrogen-bond acceptors (Lipinski definition) is 4. The van der Waals surface area contributed by atoms with E-state index in [1.807, 2.05) is 49.5 Å². The maximum absolute atomic E-state index is 11.4. The summed E-state index contributed by atoms with van der Waals surface area (Å²) in [5.41, 5.74) is 1.38. The van der Waals surface area contributed by atoms with Crippen LogP contribution in [0.4, 0.5) is 0 Å². The van der Waals surface area contributed by atoms with E-state index in [4.69, 9.17) is 0 Å². The Hall–Kier alpha value is -2.01. The summed E-state index contributed by atoms with van der Waals surface area (Å²) in [5.74, 6) is -0.103. The summed E-state index contributed by atoms with van der Waals surface area (Å²) >= 11 is 1.74. The number of thiazole rings is 1. The molecule has 2 N–H and O–H groups in total. The van der Waals surface area contributed by atoms with Gasteiger partial charge in [-0.1, -0.05) is 81.4 Å². The molecule has 0 aliphatic heterocycles. The van der Waals surface area contributed by atoms with Crippen LogP contribution in [-0.2, 0) is 12.0 Å². The van der Waals surface area contributed by atoms with E-state index in [1.165, 1.54) is 4.88 Å². The quantitative estimate of drug-likeness (QED) is 0.585. The monoisotopic (exact) mass is 394 g/mol. The van der Waals surface area contributed by atoms with Gasteiger partial charge in [-0.3, -0.25) is 0 Å². The average Bonchev–Trinajstić information content (AvgIpc) is 3.13. The molecule has 2 aromatic carbocycles. The predicted octanol–water partition coefficient (Wildman–Crippen LogP) is 5.11. The first-order valence-electron chi connectivity index (χ1n) is 9.75. The third kappa shape index (κ3) is 5.07. The molecule has 0 amide bonds. The third-order valence-electron chi connectivity index (χ3n) is 4.86. The first-order chi connectivity index (χ1) is 13.3. The van der Waals surface area contributed by atoms with Gasteiger partial charge in [-0.05, 0) is 18.1 Å². The first kappa shape index (κ1) is 20.7. The van der Waals surface area contributed by atoms with Gasteiger partial charge < -0.3 is 10.4 Å². The third-order valence-corrected chi connectivity index (χ3v) is 6.29. The largest absolute Gasteiger partial charge is 0.388 e. The van der Waals surface area contributed by atoms with E-state index in [0.717, 1.165) is 16.1 Å². The fraction of sp³-hybridized carbons (Fsp3) is 0.375. The van der Waals surface area contributed by atoms with Gasteiger partial charge in [-0.25, -0.2) is 4.98 Å². The number of aromatic nitrogens is 1. The molecule has 148 valence electrons. The fourth-order valence-electron chi connectivity index (χ4n) is 3.48. The topological polar surface area (TPSA) is 45.2 Å². The lowest BCUT2D eigenvalue weighted by Gasteiger charge is -2.34. The molecule has 0 bridgehead atoms. The molecule has 1 aromatic heterocycles. The van der Waals surface area contributed by atoms with E-state index in [2.05, 4.69) is 55.3 Å². The average molecular weight is 395 g/mol. The molecule has 0 fully saturated rings. The van der Waals surface area contributed by atoms with Crippen molar-refractivity contribution in [3.63, 3.8) is 0 Å². The molecule has 0 aliphatic carbocycles. The van der Waals surface area contributed by atoms with Crippen LogP contribution >= 0.6 is 11.3 Å². The summed E-state index contributed by atoms with van der Waals surface area (Å²) in [5, 5.41) is 16.0. The highest BCUT2D eigenvalue weighted by Crippen LogP contribution is 2.34. The van der Waals surface area contributed by atoms with Gasteiger partial charge in [-0.15, -0.1) is 11.3 Å². The van der Waals surface area contributed by atoms with Gasteiger partial charge in [-0.2, -0.15) is 0 Å². The van der Waals surface area contributed by atoms with E-state index in [9.17, 15) is 5.11 Å². The Morgan fingerprint density at radius 2 is 1.46 bits per heavy atom. The van der Waals surface area contributed by atoms with Crippen LogP contribution in [-0.4, -0.2) is 22.2 Å². The number of aliphatic hydroxyl groups is 1. The van der Waals surface area contributed by atoms with Crippen molar-refractivity contribution >= 4 is 11.3 Å². The number of nitrogens with zero attached hydrogens (tertiary/aromatic N) is 1. The van der Waals surface area contributed by atoms with Crippen molar-refractivity contribution in [2.45, 2.75) is 51.2 Å². The Morgan fingerprint density at radius 3 is 1.93 bits per heavy atom. The van der Waals surface area contributed by atoms with Crippen molar-refractivity contribution in [3.05, 3.63) is 87.9 Å². The molecule has 0 aliphatic rings. The summed E-state index contributed by atoms with van der Waals surface area (Å²) in [6.45, 7) is 9.65. The van der Waals surface area contributed by atoms with E-state index in [-0.39, 0.29) is 11.3 Å². The van der Waals surface area contributed by atoms with Crippen LogP contribution in [0.25, 0.3) is 0 Å². The summed E-state index contributed by atoms with van der Waals surface area (Å²) < 4.78 is 0. The normalized spacial score (nSPS) is 14.2. The number of nitrogens with one attached hydrogen (secondary N) is 1. The second-order valence-corrected chi connectivity index (χ2v) is 9.71. The minimum Gasteiger partial charge on any atom is -0.388 e. The lowest BCUT2D eigenvalue weighted by Crippen LogP contribution is -2.43. The molecule has 0 radical (unpaired) electrons. The van der Waals surface area contributed by atoms with Crippen molar-refractivity contribution < 1.29 is 5.11 Å². The number of hydrogen-bond donors (Lipinski definition) is 2. The van der Waals surface area contributed by atoms with Crippen LogP contribution in [0.2, 0.25) is 0 Å². The lowest BCUT2D eigenvalue weighted by molar-refractivity contribution is 0.0426. The highest BCUT2D eigenvalue weighted by molar-refractivity contribution is 7.11. The molecule has 4 heteroatoms. The lowest BCUT2D eigenvalue weighted by atomic mass is 9.78. The zero-order valence-electron chi connectivity index (χ0n) is 17.1. The van der Waals surface area contributed by atoms with Crippen LogP contribution in [0.1, 0.15) is 54.6 Å². The molecule has 28 heavy (non-hydrogen) atoms. The minimum atomic E-state index is -0.930. The maximum atomic E-state index is 11.4. The van der Waals surface area contributed by atoms with Gasteiger partial charge in [0.2, 0.25) is 0 Å². The van der Waals surface area contributed by atoms with Crippen LogP contribution in [0, 0.1) is 0 Å². The van der Waals surface area contributed by atoms with Gasteiger partial charge in [0.05, 0.1) is 10.6 Å². The van der Waals surface area contributed by atoms with E-state index >= 15 is 0 Å². The van der Waals surface area contributed by atoms with E-state index in [0.29, 0.717) is 13.1 Å². The molecule has 1 heterocycles. The Morgan fingerprint density at radius 1 is 0.929 bits per heavy atom. The predicted molar refractivity (Wildman–Crippen MR) is 118 cm³/mol. The smallest absolute Gasteiger partial charge is 0.0981 e.